The van der Waals surface area contributed by atoms with Gasteiger partial charge < -0.3 is 9.47 Å². The van der Waals surface area contributed by atoms with Crippen LogP contribution < -0.4 is 0 Å². The first-order valence-corrected chi connectivity index (χ1v) is 3.76. The van der Waals surface area contributed by atoms with Gasteiger partial charge in [0.2, 0.25) is 0 Å². The number of hydrogen-bond acceptors (Lipinski definition) is 2. The van der Waals surface area contributed by atoms with Gasteiger partial charge in [0.1, 0.15) is 5.76 Å². The standard InChI is InChI=1S/C9H14O2/c1-7-4-5-8(10-2)9(6-7)11-3/h6H,4-5H2,1-3H3. The minimum absolute atomic E-state index is 0.872. The first-order valence-electron chi connectivity index (χ1n) is 3.76. The van der Waals surface area contributed by atoms with Gasteiger partial charge in [0.05, 0.1) is 14.2 Å². The molecule has 0 aromatic carbocycles. The third-order valence-electron chi connectivity index (χ3n) is 1.87. The van der Waals surface area contributed by atoms with Crippen molar-refractivity contribution in [2.75, 3.05) is 14.2 Å². The molecule has 0 saturated carbocycles. The Morgan fingerprint density at radius 2 is 1.91 bits per heavy atom. The Morgan fingerprint density at radius 3 is 2.45 bits per heavy atom. The maximum Gasteiger partial charge on any atom is 0.156 e. The largest absolute Gasteiger partial charge is 0.497 e. The SMILES string of the molecule is COC1=C(OC)CCC(C)=C1. The second-order valence-corrected chi connectivity index (χ2v) is 2.69. The molecule has 0 spiro atoms. The lowest BCUT2D eigenvalue weighted by Crippen LogP contribution is -2.01. The van der Waals surface area contributed by atoms with Gasteiger partial charge in [-0.1, -0.05) is 5.57 Å². The van der Waals surface area contributed by atoms with E-state index in [0.717, 1.165) is 24.4 Å². The molecular formula is C9H14O2. The summed E-state index contributed by atoms with van der Waals surface area (Å²) >= 11 is 0. The van der Waals surface area contributed by atoms with E-state index in [0.29, 0.717) is 0 Å². The van der Waals surface area contributed by atoms with E-state index >= 15 is 0 Å². The van der Waals surface area contributed by atoms with E-state index in [2.05, 4.69) is 6.92 Å². The highest BCUT2D eigenvalue weighted by molar-refractivity contribution is 5.25. The van der Waals surface area contributed by atoms with Crippen LogP contribution in [0.3, 0.4) is 0 Å². The van der Waals surface area contributed by atoms with Crippen LogP contribution in [-0.2, 0) is 9.47 Å². The lowest BCUT2D eigenvalue weighted by Gasteiger charge is -2.15. The van der Waals surface area contributed by atoms with E-state index < -0.39 is 0 Å². The van der Waals surface area contributed by atoms with Gasteiger partial charge in [-0.3, -0.25) is 0 Å². The fraction of sp³-hybridized carbons (Fsp3) is 0.556. The van der Waals surface area contributed by atoms with Crippen molar-refractivity contribution in [3.8, 4) is 0 Å². The Labute approximate surface area is 67.5 Å². The summed E-state index contributed by atoms with van der Waals surface area (Å²) < 4.78 is 10.3. The lowest BCUT2D eigenvalue weighted by atomic mass is 10.0. The molecule has 1 aliphatic carbocycles. The van der Waals surface area contributed by atoms with E-state index in [1.807, 2.05) is 6.08 Å². The van der Waals surface area contributed by atoms with E-state index in [4.69, 9.17) is 9.47 Å². The van der Waals surface area contributed by atoms with Crippen LogP contribution in [0.5, 0.6) is 0 Å². The number of ether oxygens (including phenoxy) is 2. The topological polar surface area (TPSA) is 18.5 Å². The Hall–Kier alpha value is -0.920. The third kappa shape index (κ3) is 1.76. The maximum atomic E-state index is 5.15. The predicted octanol–water partition coefficient (Wildman–Crippen LogP) is 2.23. The maximum absolute atomic E-state index is 5.15. The van der Waals surface area contributed by atoms with Crippen LogP contribution in [0.1, 0.15) is 19.8 Å². The van der Waals surface area contributed by atoms with Crippen LogP contribution in [0.15, 0.2) is 23.2 Å². The molecule has 62 valence electrons. The molecule has 0 fully saturated rings. The van der Waals surface area contributed by atoms with Crippen LogP contribution in [-0.4, -0.2) is 14.2 Å². The summed E-state index contributed by atoms with van der Waals surface area (Å²) in [6, 6.07) is 0. The summed E-state index contributed by atoms with van der Waals surface area (Å²) in [5.41, 5.74) is 1.35. The van der Waals surface area contributed by atoms with Crippen LogP contribution >= 0.6 is 0 Å². The fourth-order valence-corrected chi connectivity index (χ4v) is 1.19. The highest BCUT2D eigenvalue weighted by atomic mass is 16.5. The Balaban J connectivity index is 2.83. The minimum Gasteiger partial charge on any atom is -0.497 e. The van der Waals surface area contributed by atoms with Gasteiger partial charge in [0.25, 0.3) is 0 Å². The number of rotatable bonds is 2. The molecule has 0 amide bonds. The molecule has 0 atom stereocenters. The zero-order chi connectivity index (χ0) is 8.27. The summed E-state index contributed by atoms with van der Waals surface area (Å²) in [4.78, 5) is 0. The second kappa shape index (κ2) is 3.46. The molecule has 0 aliphatic heterocycles. The van der Waals surface area contributed by atoms with Crippen LogP contribution in [0.2, 0.25) is 0 Å². The molecule has 0 aromatic heterocycles. The van der Waals surface area contributed by atoms with E-state index in [1.54, 1.807) is 14.2 Å². The number of allylic oxidation sites excluding steroid dienone is 3. The van der Waals surface area contributed by atoms with Gasteiger partial charge >= 0.3 is 0 Å². The average molecular weight is 154 g/mol. The smallest absolute Gasteiger partial charge is 0.156 e. The zero-order valence-electron chi connectivity index (χ0n) is 7.31. The van der Waals surface area contributed by atoms with Crippen LogP contribution in [0.4, 0.5) is 0 Å². The monoisotopic (exact) mass is 154 g/mol. The first kappa shape index (κ1) is 8.18. The molecule has 0 radical (unpaired) electrons. The highest BCUT2D eigenvalue weighted by Crippen LogP contribution is 2.23. The summed E-state index contributed by atoms with van der Waals surface area (Å²) in [6.45, 7) is 2.10. The highest BCUT2D eigenvalue weighted by Gasteiger charge is 2.11. The molecule has 1 rings (SSSR count). The quantitative estimate of drug-likeness (QED) is 0.607. The van der Waals surface area contributed by atoms with Gasteiger partial charge in [-0.15, -0.1) is 0 Å². The molecule has 0 saturated heterocycles. The summed E-state index contributed by atoms with van der Waals surface area (Å²) in [6.07, 6.45) is 4.07. The summed E-state index contributed by atoms with van der Waals surface area (Å²) in [5, 5.41) is 0. The Kier molecular flexibility index (Phi) is 2.58. The molecule has 0 heterocycles. The lowest BCUT2D eigenvalue weighted by molar-refractivity contribution is 0.217. The van der Waals surface area contributed by atoms with Crippen molar-refractivity contribution in [1.82, 2.24) is 0 Å². The van der Waals surface area contributed by atoms with E-state index in [1.165, 1.54) is 5.57 Å². The van der Waals surface area contributed by atoms with Crippen LogP contribution in [0, 0.1) is 0 Å². The molecule has 1 aliphatic rings. The van der Waals surface area contributed by atoms with Crippen molar-refractivity contribution in [1.29, 1.82) is 0 Å². The fourth-order valence-electron chi connectivity index (χ4n) is 1.19. The second-order valence-electron chi connectivity index (χ2n) is 2.69. The van der Waals surface area contributed by atoms with Gasteiger partial charge in [-0.2, -0.15) is 0 Å². The number of methoxy groups -OCH3 is 2. The molecule has 0 N–H and O–H groups in total. The van der Waals surface area contributed by atoms with Crippen molar-refractivity contribution in [2.45, 2.75) is 19.8 Å². The average Bonchev–Trinajstić information content (AvgIpc) is 2.04. The van der Waals surface area contributed by atoms with Gasteiger partial charge in [-0.05, 0) is 19.4 Å². The Bertz CT molecular complexity index is 202. The van der Waals surface area contributed by atoms with Crippen molar-refractivity contribution in [2.24, 2.45) is 0 Å². The van der Waals surface area contributed by atoms with Crippen molar-refractivity contribution < 1.29 is 9.47 Å². The molecular weight excluding hydrogens is 140 g/mol. The van der Waals surface area contributed by atoms with Crippen molar-refractivity contribution >= 4 is 0 Å². The van der Waals surface area contributed by atoms with E-state index in [-0.39, 0.29) is 0 Å². The molecule has 0 aromatic rings. The first-order chi connectivity index (χ1) is 5.27. The third-order valence-corrected chi connectivity index (χ3v) is 1.87. The minimum atomic E-state index is 0.872. The molecule has 2 heteroatoms. The zero-order valence-corrected chi connectivity index (χ0v) is 7.31. The van der Waals surface area contributed by atoms with Gasteiger partial charge in [0.15, 0.2) is 5.76 Å². The molecule has 11 heavy (non-hydrogen) atoms. The van der Waals surface area contributed by atoms with Crippen molar-refractivity contribution in [3.63, 3.8) is 0 Å². The van der Waals surface area contributed by atoms with E-state index in [9.17, 15) is 0 Å². The summed E-state index contributed by atoms with van der Waals surface area (Å²) in [7, 11) is 3.35. The Morgan fingerprint density at radius 1 is 1.18 bits per heavy atom. The van der Waals surface area contributed by atoms with Crippen LogP contribution in [0.25, 0.3) is 0 Å². The normalized spacial score (nSPS) is 17.9. The van der Waals surface area contributed by atoms with Crippen molar-refractivity contribution in [3.05, 3.63) is 23.2 Å². The predicted molar refractivity (Wildman–Crippen MR) is 44.0 cm³/mol. The molecule has 2 nitrogen and oxygen atoms in total. The molecule has 0 unspecified atom stereocenters. The van der Waals surface area contributed by atoms with Gasteiger partial charge in [-0.25, -0.2) is 0 Å². The molecule has 0 bridgehead atoms. The summed E-state index contributed by atoms with van der Waals surface area (Å²) in [5.74, 6) is 1.83. The number of hydrogen-bond donors (Lipinski definition) is 0. The van der Waals surface area contributed by atoms with Gasteiger partial charge in [0, 0.05) is 6.42 Å².